The molecule has 0 spiro atoms. The Hall–Kier alpha value is -3.59. The van der Waals surface area contributed by atoms with E-state index in [4.69, 9.17) is 21.7 Å². The molecule has 0 aliphatic carbocycles. The van der Waals surface area contributed by atoms with E-state index in [0.717, 1.165) is 4.68 Å². The summed E-state index contributed by atoms with van der Waals surface area (Å²) in [6.07, 6.45) is 1.44. The fourth-order valence-corrected chi connectivity index (χ4v) is 2.46. The van der Waals surface area contributed by atoms with E-state index >= 15 is 0 Å². The third-order valence-electron chi connectivity index (χ3n) is 3.74. The Morgan fingerprint density at radius 2 is 1.96 bits per heavy atom. The van der Waals surface area contributed by atoms with Gasteiger partial charge in [0.05, 0.1) is 18.9 Å². The molecular formula is C19H16N4O4S. The standard InChI is InChI=1S/C19H16N4O4S/c1-12-17(24)23(19(28)22-21-12)20-11-13-8-9-15(16(10-13)26-2)27-18(25)14-6-4-3-5-7-14/h3-11H,1-2H3,(H,22,28)/b20-11+. The molecule has 0 unspecified atom stereocenters. The fraction of sp³-hybridized carbons (Fsp3) is 0.105. The van der Waals surface area contributed by atoms with Gasteiger partial charge < -0.3 is 9.47 Å². The fourth-order valence-electron chi connectivity index (χ4n) is 2.28. The largest absolute Gasteiger partial charge is 0.493 e. The minimum atomic E-state index is -0.495. The third kappa shape index (κ3) is 4.21. The molecule has 3 aromatic rings. The second kappa shape index (κ2) is 8.40. The topological polar surface area (TPSA) is 98.6 Å². The molecule has 142 valence electrons. The van der Waals surface area contributed by atoms with Crippen molar-refractivity contribution in [1.82, 2.24) is 14.9 Å². The Kier molecular flexibility index (Phi) is 5.75. The van der Waals surface area contributed by atoms with Crippen LogP contribution in [0.3, 0.4) is 0 Å². The molecule has 1 N–H and O–H groups in total. The lowest BCUT2D eigenvalue weighted by atomic mass is 10.2. The first kappa shape index (κ1) is 19.2. The first-order valence-electron chi connectivity index (χ1n) is 8.17. The summed E-state index contributed by atoms with van der Waals surface area (Å²) in [5.74, 6) is 0.116. The summed E-state index contributed by atoms with van der Waals surface area (Å²) in [7, 11) is 1.46. The highest BCUT2D eigenvalue weighted by molar-refractivity contribution is 7.71. The van der Waals surface area contributed by atoms with Crippen LogP contribution in [0.5, 0.6) is 11.5 Å². The second-order valence-corrected chi connectivity index (χ2v) is 6.03. The maximum absolute atomic E-state index is 12.2. The van der Waals surface area contributed by atoms with Crippen molar-refractivity contribution in [3.63, 3.8) is 0 Å². The van der Waals surface area contributed by atoms with Gasteiger partial charge in [-0.25, -0.2) is 4.79 Å². The summed E-state index contributed by atoms with van der Waals surface area (Å²) in [5.41, 5.74) is 0.871. The van der Waals surface area contributed by atoms with Gasteiger partial charge in [0.25, 0.3) is 5.56 Å². The highest BCUT2D eigenvalue weighted by atomic mass is 32.1. The molecule has 0 amide bonds. The van der Waals surface area contributed by atoms with Gasteiger partial charge in [-0.2, -0.15) is 14.9 Å². The van der Waals surface area contributed by atoms with Gasteiger partial charge >= 0.3 is 5.97 Å². The summed E-state index contributed by atoms with van der Waals surface area (Å²) in [6.45, 7) is 1.55. The zero-order valence-electron chi connectivity index (χ0n) is 15.1. The minimum absolute atomic E-state index is 0.0761. The predicted octanol–water partition coefficient (Wildman–Crippen LogP) is 2.72. The number of nitrogens with one attached hydrogen (secondary N) is 1. The zero-order chi connectivity index (χ0) is 20.1. The number of hydrogen-bond acceptors (Lipinski definition) is 7. The lowest BCUT2D eigenvalue weighted by molar-refractivity contribution is 0.0729. The number of H-pyrrole nitrogens is 1. The molecule has 0 saturated heterocycles. The number of hydrogen-bond donors (Lipinski definition) is 1. The van der Waals surface area contributed by atoms with Crippen molar-refractivity contribution < 1.29 is 14.3 Å². The quantitative estimate of drug-likeness (QED) is 0.308. The van der Waals surface area contributed by atoms with E-state index in [1.165, 1.54) is 13.3 Å². The monoisotopic (exact) mass is 396 g/mol. The van der Waals surface area contributed by atoms with Crippen molar-refractivity contribution in [2.75, 3.05) is 7.11 Å². The van der Waals surface area contributed by atoms with E-state index in [-0.39, 0.29) is 16.2 Å². The summed E-state index contributed by atoms with van der Waals surface area (Å²) in [6, 6.07) is 13.5. The molecule has 9 heteroatoms. The number of carbonyl (C=O) groups excluding carboxylic acids is 1. The average molecular weight is 396 g/mol. The van der Waals surface area contributed by atoms with Gasteiger partial charge in [-0.05, 0) is 55.0 Å². The molecule has 0 fully saturated rings. The molecule has 0 bridgehead atoms. The first-order valence-corrected chi connectivity index (χ1v) is 8.58. The molecule has 0 radical (unpaired) electrons. The Labute approximate surface area is 165 Å². The van der Waals surface area contributed by atoms with Crippen LogP contribution in [0, 0.1) is 11.7 Å². The average Bonchev–Trinajstić information content (AvgIpc) is 2.72. The number of aromatic amines is 1. The Morgan fingerprint density at radius 3 is 2.68 bits per heavy atom. The van der Waals surface area contributed by atoms with Crippen LogP contribution in [0.15, 0.2) is 58.4 Å². The maximum Gasteiger partial charge on any atom is 0.343 e. The highest BCUT2D eigenvalue weighted by Gasteiger charge is 2.12. The smallest absolute Gasteiger partial charge is 0.343 e. The van der Waals surface area contributed by atoms with Gasteiger partial charge in [-0.15, -0.1) is 0 Å². The first-order chi connectivity index (χ1) is 13.5. The van der Waals surface area contributed by atoms with Crippen LogP contribution in [0.1, 0.15) is 21.6 Å². The van der Waals surface area contributed by atoms with Gasteiger partial charge in [-0.1, -0.05) is 18.2 Å². The summed E-state index contributed by atoms with van der Waals surface area (Å²) in [5, 5.41) is 10.4. The van der Waals surface area contributed by atoms with Crippen LogP contribution in [-0.2, 0) is 0 Å². The Morgan fingerprint density at radius 1 is 1.21 bits per heavy atom. The number of methoxy groups -OCH3 is 1. The van der Waals surface area contributed by atoms with E-state index < -0.39 is 11.5 Å². The van der Waals surface area contributed by atoms with Gasteiger partial charge in [-0.3, -0.25) is 9.89 Å². The normalized spacial score (nSPS) is 10.8. The van der Waals surface area contributed by atoms with Gasteiger partial charge in [0, 0.05) is 0 Å². The Bertz CT molecular complexity index is 1150. The second-order valence-electron chi connectivity index (χ2n) is 5.64. The number of aryl methyl sites for hydroxylation is 1. The molecule has 0 aliphatic rings. The number of carbonyl (C=O) groups is 1. The molecule has 1 heterocycles. The molecule has 2 aromatic carbocycles. The molecule has 0 atom stereocenters. The minimum Gasteiger partial charge on any atom is -0.493 e. The maximum atomic E-state index is 12.2. The number of rotatable bonds is 5. The van der Waals surface area contributed by atoms with Crippen molar-refractivity contribution in [3.8, 4) is 11.5 Å². The van der Waals surface area contributed by atoms with Crippen LogP contribution in [0.2, 0.25) is 0 Å². The van der Waals surface area contributed by atoms with Crippen molar-refractivity contribution in [2.24, 2.45) is 5.10 Å². The summed E-state index contributed by atoms with van der Waals surface area (Å²) >= 11 is 5.03. The number of ether oxygens (including phenoxy) is 2. The van der Waals surface area contributed by atoms with Crippen LogP contribution in [0.4, 0.5) is 0 Å². The van der Waals surface area contributed by atoms with E-state index in [0.29, 0.717) is 16.9 Å². The number of nitrogens with zero attached hydrogens (tertiary/aromatic N) is 3. The van der Waals surface area contributed by atoms with E-state index in [1.807, 2.05) is 6.07 Å². The molecule has 0 aliphatic heterocycles. The van der Waals surface area contributed by atoms with Crippen molar-refractivity contribution in [3.05, 3.63) is 80.5 Å². The van der Waals surface area contributed by atoms with Gasteiger partial charge in [0.2, 0.25) is 4.77 Å². The molecule has 28 heavy (non-hydrogen) atoms. The number of esters is 1. The van der Waals surface area contributed by atoms with Crippen LogP contribution in [0.25, 0.3) is 0 Å². The zero-order valence-corrected chi connectivity index (χ0v) is 15.9. The molecule has 3 rings (SSSR count). The predicted molar refractivity (Wildman–Crippen MR) is 106 cm³/mol. The highest BCUT2D eigenvalue weighted by Crippen LogP contribution is 2.28. The molecular weight excluding hydrogens is 380 g/mol. The van der Waals surface area contributed by atoms with E-state index in [1.54, 1.807) is 49.4 Å². The third-order valence-corrected chi connectivity index (χ3v) is 4.00. The van der Waals surface area contributed by atoms with Gasteiger partial charge in [0.15, 0.2) is 11.5 Å². The van der Waals surface area contributed by atoms with E-state index in [2.05, 4.69) is 15.3 Å². The van der Waals surface area contributed by atoms with Crippen LogP contribution in [-0.4, -0.2) is 34.2 Å². The molecule has 0 saturated carbocycles. The lowest BCUT2D eigenvalue weighted by Gasteiger charge is -2.10. The summed E-state index contributed by atoms with van der Waals surface area (Å²) < 4.78 is 11.8. The molecule has 1 aromatic heterocycles. The van der Waals surface area contributed by atoms with Crippen LogP contribution < -0.4 is 15.0 Å². The van der Waals surface area contributed by atoms with Gasteiger partial charge in [0.1, 0.15) is 5.69 Å². The van der Waals surface area contributed by atoms with Crippen LogP contribution >= 0.6 is 12.2 Å². The van der Waals surface area contributed by atoms with Crippen molar-refractivity contribution in [2.45, 2.75) is 6.92 Å². The number of aromatic nitrogens is 3. The van der Waals surface area contributed by atoms with Crippen molar-refractivity contribution >= 4 is 24.4 Å². The Balaban J connectivity index is 1.86. The lowest BCUT2D eigenvalue weighted by Crippen LogP contribution is -2.22. The molecule has 8 nitrogen and oxygen atoms in total. The summed E-state index contributed by atoms with van der Waals surface area (Å²) in [4.78, 5) is 24.3. The van der Waals surface area contributed by atoms with E-state index in [9.17, 15) is 9.59 Å². The van der Waals surface area contributed by atoms with Crippen molar-refractivity contribution in [1.29, 1.82) is 0 Å². The number of benzene rings is 2. The SMILES string of the molecule is COc1cc(/C=N/n2c(=S)[nH]nc(C)c2=O)ccc1OC(=O)c1ccccc1.